The Balaban J connectivity index is 1.46. The van der Waals surface area contributed by atoms with E-state index in [2.05, 4.69) is 25.7 Å². The fraction of sp³-hybridized carbons (Fsp3) is 0.923. The summed E-state index contributed by atoms with van der Waals surface area (Å²) >= 11 is 0. The SMILES string of the molecule is CC#CCCC[C@H]1CCC2C3CCC4CC(OC)CCC4(C)C3CC[C@@]21C. The number of hydrogen-bond acceptors (Lipinski definition) is 1. The third kappa shape index (κ3) is 3.29. The molecule has 6 unspecified atom stereocenters. The fourth-order valence-electron chi connectivity index (χ4n) is 8.58. The standard InChI is InChI=1S/C26H42O/c1-5-6-7-8-9-19-11-13-23-22-12-10-20-18-21(27-4)14-16-26(20,3)24(22)15-17-25(19,23)2/h19-24H,7-18H2,1-4H3/t19-,20?,21?,22?,23?,24?,25+,26?/m0/s1. The lowest BCUT2D eigenvalue weighted by atomic mass is 9.44. The largest absolute Gasteiger partial charge is 0.381 e. The molecule has 0 aliphatic heterocycles. The van der Waals surface area contributed by atoms with Crippen molar-refractivity contribution in [2.24, 2.45) is 40.4 Å². The summed E-state index contributed by atoms with van der Waals surface area (Å²) in [5.41, 5.74) is 1.24. The molecule has 0 radical (unpaired) electrons. The predicted molar refractivity (Wildman–Crippen MR) is 113 cm³/mol. The first-order valence-electron chi connectivity index (χ1n) is 12.0. The van der Waals surface area contributed by atoms with Gasteiger partial charge in [-0.25, -0.2) is 0 Å². The van der Waals surface area contributed by atoms with Crippen LogP contribution in [0.15, 0.2) is 0 Å². The zero-order chi connectivity index (χ0) is 19.1. The van der Waals surface area contributed by atoms with Crippen LogP contribution in [-0.2, 0) is 4.74 Å². The Morgan fingerprint density at radius 3 is 2.48 bits per heavy atom. The van der Waals surface area contributed by atoms with E-state index in [4.69, 9.17) is 4.74 Å². The molecule has 1 heteroatoms. The molecule has 4 rings (SSSR count). The smallest absolute Gasteiger partial charge is 0.0574 e. The highest BCUT2D eigenvalue weighted by atomic mass is 16.5. The van der Waals surface area contributed by atoms with E-state index in [0.717, 1.165) is 36.0 Å². The van der Waals surface area contributed by atoms with E-state index in [1.807, 2.05) is 14.0 Å². The van der Waals surface area contributed by atoms with Crippen LogP contribution in [0.4, 0.5) is 0 Å². The van der Waals surface area contributed by atoms with Crippen molar-refractivity contribution in [1.29, 1.82) is 0 Å². The number of methoxy groups -OCH3 is 1. The number of fused-ring (bicyclic) bond motifs is 5. The molecule has 27 heavy (non-hydrogen) atoms. The van der Waals surface area contributed by atoms with Crippen molar-refractivity contribution in [3.8, 4) is 11.8 Å². The molecule has 0 heterocycles. The van der Waals surface area contributed by atoms with Crippen LogP contribution in [0.25, 0.3) is 0 Å². The molecule has 0 bridgehead atoms. The highest BCUT2D eigenvalue weighted by Gasteiger charge is 2.59. The lowest BCUT2D eigenvalue weighted by Crippen LogP contribution is -2.54. The van der Waals surface area contributed by atoms with Crippen molar-refractivity contribution in [3.63, 3.8) is 0 Å². The number of hydrogen-bond donors (Lipinski definition) is 0. The van der Waals surface area contributed by atoms with Gasteiger partial charge in [0.25, 0.3) is 0 Å². The molecule has 0 spiro atoms. The van der Waals surface area contributed by atoms with Gasteiger partial charge in [-0.05, 0) is 118 Å². The maximum absolute atomic E-state index is 5.77. The predicted octanol–water partition coefficient (Wildman–Crippen LogP) is 6.85. The summed E-state index contributed by atoms with van der Waals surface area (Å²) in [6.45, 7) is 7.34. The van der Waals surface area contributed by atoms with Gasteiger partial charge in [-0.2, -0.15) is 0 Å². The minimum atomic E-state index is 0.538. The Bertz CT molecular complexity index is 585. The molecular weight excluding hydrogens is 328 g/mol. The molecule has 0 aromatic rings. The quantitative estimate of drug-likeness (QED) is 0.388. The van der Waals surface area contributed by atoms with Crippen LogP contribution in [0.2, 0.25) is 0 Å². The highest BCUT2D eigenvalue weighted by molar-refractivity contribution is 5.09. The molecule has 0 aromatic heterocycles. The summed E-state index contributed by atoms with van der Waals surface area (Å²) < 4.78 is 5.77. The van der Waals surface area contributed by atoms with Crippen molar-refractivity contribution in [3.05, 3.63) is 0 Å². The summed E-state index contributed by atoms with van der Waals surface area (Å²) in [4.78, 5) is 0. The third-order valence-electron chi connectivity index (χ3n) is 10.2. The van der Waals surface area contributed by atoms with Gasteiger partial charge in [0, 0.05) is 13.5 Å². The van der Waals surface area contributed by atoms with Crippen LogP contribution in [0, 0.1) is 52.3 Å². The molecule has 4 saturated carbocycles. The average molecular weight is 371 g/mol. The van der Waals surface area contributed by atoms with Crippen molar-refractivity contribution < 1.29 is 4.74 Å². The molecule has 0 N–H and O–H groups in total. The van der Waals surface area contributed by atoms with E-state index in [0.29, 0.717) is 16.9 Å². The minimum Gasteiger partial charge on any atom is -0.381 e. The van der Waals surface area contributed by atoms with Gasteiger partial charge in [0.15, 0.2) is 0 Å². The van der Waals surface area contributed by atoms with Gasteiger partial charge >= 0.3 is 0 Å². The van der Waals surface area contributed by atoms with Gasteiger partial charge in [-0.1, -0.05) is 13.8 Å². The van der Waals surface area contributed by atoms with Crippen molar-refractivity contribution in [1.82, 2.24) is 0 Å². The molecule has 4 aliphatic rings. The van der Waals surface area contributed by atoms with E-state index < -0.39 is 0 Å². The first-order chi connectivity index (χ1) is 13.0. The van der Waals surface area contributed by atoms with Crippen LogP contribution < -0.4 is 0 Å². The van der Waals surface area contributed by atoms with E-state index >= 15 is 0 Å². The molecule has 0 saturated heterocycles. The maximum atomic E-state index is 5.77. The summed E-state index contributed by atoms with van der Waals surface area (Å²) in [5, 5.41) is 0. The Morgan fingerprint density at radius 2 is 1.70 bits per heavy atom. The Labute approximate surface area is 168 Å². The van der Waals surface area contributed by atoms with Gasteiger partial charge in [0.05, 0.1) is 6.10 Å². The Kier molecular flexibility index (Phi) is 5.68. The summed E-state index contributed by atoms with van der Waals surface area (Å²) in [6.07, 6.45) is 17.4. The molecule has 0 amide bonds. The van der Waals surface area contributed by atoms with Gasteiger partial charge < -0.3 is 4.74 Å². The topological polar surface area (TPSA) is 9.23 Å². The summed E-state index contributed by atoms with van der Waals surface area (Å²) in [5.74, 6) is 11.3. The van der Waals surface area contributed by atoms with E-state index in [-0.39, 0.29) is 0 Å². The zero-order valence-electron chi connectivity index (χ0n) is 18.4. The number of unbranched alkanes of at least 4 members (excludes halogenated alkanes) is 1. The maximum Gasteiger partial charge on any atom is 0.0574 e. The van der Waals surface area contributed by atoms with Crippen molar-refractivity contribution in [2.45, 2.75) is 104 Å². The second-order valence-electron chi connectivity index (χ2n) is 10.9. The van der Waals surface area contributed by atoms with Crippen LogP contribution in [0.1, 0.15) is 97.8 Å². The Morgan fingerprint density at radius 1 is 0.926 bits per heavy atom. The minimum absolute atomic E-state index is 0.538. The van der Waals surface area contributed by atoms with Crippen LogP contribution in [0.3, 0.4) is 0 Å². The van der Waals surface area contributed by atoms with Gasteiger partial charge in [0.2, 0.25) is 0 Å². The van der Waals surface area contributed by atoms with Crippen molar-refractivity contribution >= 4 is 0 Å². The first-order valence-corrected chi connectivity index (χ1v) is 12.0. The molecular formula is C26H42O. The molecule has 1 nitrogen and oxygen atoms in total. The van der Waals surface area contributed by atoms with Crippen LogP contribution in [0.5, 0.6) is 0 Å². The lowest BCUT2D eigenvalue weighted by Gasteiger charge is -2.61. The van der Waals surface area contributed by atoms with E-state index in [1.54, 1.807) is 0 Å². The Hall–Kier alpha value is -0.480. The first kappa shape index (κ1) is 19.8. The molecule has 8 atom stereocenters. The second-order valence-corrected chi connectivity index (χ2v) is 10.9. The van der Waals surface area contributed by atoms with E-state index in [1.165, 1.54) is 70.6 Å². The van der Waals surface area contributed by atoms with Gasteiger partial charge in [-0.3, -0.25) is 0 Å². The molecule has 0 aromatic carbocycles. The summed E-state index contributed by atoms with van der Waals surface area (Å²) in [7, 11) is 1.93. The van der Waals surface area contributed by atoms with Gasteiger partial charge in [-0.15, -0.1) is 11.8 Å². The number of ether oxygens (including phenoxy) is 1. The molecule has 152 valence electrons. The highest BCUT2D eigenvalue weighted by Crippen LogP contribution is 2.67. The van der Waals surface area contributed by atoms with Gasteiger partial charge in [0.1, 0.15) is 0 Å². The summed E-state index contributed by atoms with van der Waals surface area (Å²) in [6, 6.07) is 0. The lowest BCUT2D eigenvalue weighted by molar-refractivity contribution is -0.130. The molecule has 4 fully saturated rings. The average Bonchev–Trinajstić information content (AvgIpc) is 3.01. The van der Waals surface area contributed by atoms with Crippen LogP contribution >= 0.6 is 0 Å². The zero-order valence-corrected chi connectivity index (χ0v) is 18.4. The van der Waals surface area contributed by atoms with E-state index in [9.17, 15) is 0 Å². The fourth-order valence-corrected chi connectivity index (χ4v) is 8.58. The third-order valence-corrected chi connectivity index (χ3v) is 10.2. The van der Waals surface area contributed by atoms with Crippen molar-refractivity contribution in [2.75, 3.05) is 7.11 Å². The molecule has 4 aliphatic carbocycles. The second kappa shape index (κ2) is 7.74. The normalized spacial score (nSPS) is 48.7. The number of rotatable bonds is 4. The van der Waals surface area contributed by atoms with Crippen LogP contribution in [-0.4, -0.2) is 13.2 Å². The monoisotopic (exact) mass is 370 g/mol.